The van der Waals surface area contributed by atoms with Crippen molar-refractivity contribution in [3.05, 3.63) is 27.8 Å². The Kier molecular flexibility index (Phi) is 6.26. The summed E-state index contributed by atoms with van der Waals surface area (Å²) in [6.45, 7) is 1.05. The van der Waals surface area contributed by atoms with Crippen LogP contribution in [0.5, 0.6) is 0 Å². The van der Waals surface area contributed by atoms with Crippen LogP contribution < -0.4 is 16.0 Å². The van der Waals surface area contributed by atoms with Gasteiger partial charge < -0.3 is 16.0 Å². The van der Waals surface area contributed by atoms with Gasteiger partial charge in [-0.15, -0.1) is 0 Å². The quantitative estimate of drug-likeness (QED) is 0.655. The molecule has 1 aromatic rings. The summed E-state index contributed by atoms with van der Waals surface area (Å²) in [7, 11) is 0. The molecular weight excluding hydrogens is 361 g/mol. The zero-order valence-corrected chi connectivity index (χ0v) is 12.5. The second-order valence-electron chi connectivity index (χ2n) is 3.74. The summed E-state index contributed by atoms with van der Waals surface area (Å²) in [6.07, 6.45) is 0. The highest BCUT2D eigenvalue weighted by atomic mass is 127. The molecule has 0 fully saturated rings. The van der Waals surface area contributed by atoms with Crippen molar-refractivity contribution in [1.82, 2.24) is 10.6 Å². The van der Waals surface area contributed by atoms with Gasteiger partial charge in [0.25, 0.3) is 0 Å². The van der Waals surface area contributed by atoms with Crippen molar-refractivity contribution in [2.45, 2.75) is 6.92 Å². The molecule has 1 aromatic carbocycles. The fraction of sp³-hybridized carbons (Fsp3) is 0.250. The molecule has 3 amide bonds. The zero-order valence-electron chi connectivity index (χ0n) is 10.3. The molecule has 0 aliphatic rings. The van der Waals surface area contributed by atoms with Gasteiger partial charge in [-0.05, 0) is 40.8 Å². The summed E-state index contributed by atoms with van der Waals surface area (Å²) < 4.78 is 1.00. The smallest absolute Gasteiger partial charge is 0.243 e. The maximum Gasteiger partial charge on any atom is 0.243 e. The fourth-order valence-electron chi connectivity index (χ4n) is 1.22. The van der Waals surface area contributed by atoms with Gasteiger partial charge in [-0.3, -0.25) is 14.4 Å². The zero-order chi connectivity index (χ0) is 14.3. The second-order valence-corrected chi connectivity index (χ2v) is 4.99. The SMILES string of the molecule is CC(=O)NCC(=O)NCC(=O)Nc1cccc(I)c1. The Balaban J connectivity index is 2.32. The van der Waals surface area contributed by atoms with Crippen molar-refractivity contribution in [1.29, 1.82) is 0 Å². The van der Waals surface area contributed by atoms with E-state index < -0.39 is 5.91 Å². The van der Waals surface area contributed by atoms with E-state index in [1.54, 1.807) is 6.07 Å². The molecule has 0 saturated carbocycles. The van der Waals surface area contributed by atoms with Crippen LogP contribution in [0.25, 0.3) is 0 Å². The normalized spacial score (nSPS) is 9.58. The molecule has 0 aromatic heterocycles. The first-order valence-electron chi connectivity index (χ1n) is 5.54. The molecule has 0 heterocycles. The first kappa shape index (κ1) is 15.4. The molecule has 6 nitrogen and oxygen atoms in total. The van der Waals surface area contributed by atoms with Crippen LogP contribution in [0.1, 0.15) is 6.92 Å². The molecule has 19 heavy (non-hydrogen) atoms. The third kappa shape index (κ3) is 6.75. The van der Waals surface area contributed by atoms with Crippen LogP contribution in [0, 0.1) is 3.57 Å². The second kappa shape index (κ2) is 7.72. The van der Waals surface area contributed by atoms with Gasteiger partial charge in [0.1, 0.15) is 0 Å². The molecular formula is C12H14IN3O3. The monoisotopic (exact) mass is 375 g/mol. The minimum atomic E-state index is -0.409. The van der Waals surface area contributed by atoms with Gasteiger partial charge in [0.05, 0.1) is 13.1 Å². The van der Waals surface area contributed by atoms with Crippen molar-refractivity contribution >= 4 is 46.0 Å². The van der Waals surface area contributed by atoms with Crippen molar-refractivity contribution < 1.29 is 14.4 Å². The van der Waals surface area contributed by atoms with Gasteiger partial charge in [0.15, 0.2) is 0 Å². The van der Waals surface area contributed by atoms with E-state index >= 15 is 0 Å². The number of anilines is 1. The van der Waals surface area contributed by atoms with Gasteiger partial charge in [-0.1, -0.05) is 6.07 Å². The summed E-state index contributed by atoms with van der Waals surface area (Å²) in [5, 5.41) is 7.40. The fourth-order valence-corrected chi connectivity index (χ4v) is 1.76. The van der Waals surface area contributed by atoms with Crippen LogP contribution in [-0.2, 0) is 14.4 Å². The Bertz CT molecular complexity index is 491. The number of carbonyl (C=O) groups is 3. The average Bonchev–Trinajstić information content (AvgIpc) is 2.34. The summed E-state index contributed by atoms with van der Waals surface area (Å²) >= 11 is 2.14. The lowest BCUT2D eigenvalue weighted by atomic mass is 10.3. The standard InChI is InChI=1S/C12H14IN3O3/c1-8(17)14-6-11(18)15-7-12(19)16-10-4-2-3-9(13)5-10/h2-5H,6-7H2,1H3,(H,14,17)(H,15,18)(H,16,19). The first-order chi connectivity index (χ1) is 8.97. The highest BCUT2D eigenvalue weighted by Gasteiger charge is 2.06. The number of benzene rings is 1. The van der Waals surface area contributed by atoms with Gasteiger partial charge in [-0.25, -0.2) is 0 Å². The lowest BCUT2D eigenvalue weighted by Crippen LogP contribution is -2.39. The molecule has 1 rings (SSSR count). The number of hydrogen-bond acceptors (Lipinski definition) is 3. The van der Waals surface area contributed by atoms with E-state index in [1.165, 1.54) is 6.92 Å². The Morgan fingerprint density at radius 3 is 2.42 bits per heavy atom. The van der Waals surface area contributed by atoms with Crippen molar-refractivity contribution in [2.24, 2.45) is 0 Å². The van der Waals surface area contributed by atoms with Gasteiger partial charge in [0, 0.05) is 16.2 Å². The van der Waals surface area contributed by atoms with Gasteiger partial charge in [0.2, 0.25) is 17.7 Å². The van der Waals surface area contributed by atoms with Gasteiger partial charge in [-0.2, -0.15) is 0 Å². The molecule has 0 radical (unpaired) electrons. The topological polar surface area (TPSA) is 87.3 Å². The van der Waals surface area contributed by atoms with Crippen LogP contribution in [0.3, 0.4) is 0 Å². The highest BCUT2D eigenvalue weighted by Crippen LogP contribution is 2.11. The molecule has 0 spiro atoms. The van der Waals surface area contributed by atoms with E-state index in [-0.39, 0.29) is 24.9 Å². The molecule has 0 unspecified atom stereocenters. The molecule has 3 N–H and O–H groups in total. The Labute approximate surface area is 124 Å². The third-order valence-corrected chi connectivity index (χ3v) is 2.72. The van der Waals surface area contributed by atoms with Crippen LogP contribution >= 0.6 is 22.6 Å². The molecule has 0 aliphatic carbocycles. The number of rotatable bonds is 5. The predicted octanol–water partition coefficient (Wildman–Crippen LogP) is 0.482. The van der Waals surface area contributed by atoms with Crippen LogP contribution in [0.4, 0.5) is 5.69 Å². The molecule has 7 heteroatoms. The number of halogens is 1. The van der Waals surface area contributed by atoms with E-state index in [1.807, 2.05) is 18.2 Å². The Hall–Kier alpha value is -1.64. The molecule has 0 aliphatic heterocycles. The van der Waals surface area contributed by atoms with Crippen molar-refractivity contribution in [3.8, 4) is 0 Å². The summed E-state index contributed by atoms with van der Waals surface area (Å²) in [6, 6.07) is 7.31. The van der Waals surface area contributed by atoms with Crippen LogP contribution in [-0.4, -0.2) is 30.8 Å². The Morgan fingerprint density at radius 1 is 1.11 bits per heavy atom. The van der Waals surface area contributed by atoms with E-state index in [2.05, 4.69) is 38.5 Å². The lowest BCUT2D eigenvalue weighted by Gasteiger charge is -2.07. The van der Waals surface area contributed by atoms with E-state index in [4.69, 9.17) is 0 Å². The molecule has 102 valence electrons. The highest BCUT2D eigenvalue weighted by molar-refractivity contribution is 14.1. The molecule has 0 saturated heterocycles. The van der Waals surface area contributed by atoms with E-state index in [9.17, 15) is 14.4 Å². The largest absolute Gasteiger partial charge is 0.347 e. The van der Waals surface area contributed by atoms with Crippen molar-refractivity contribution in [3.63, 3.8) is 0 Å². The molecule has 0 bridgehead atoms. The average molecular weight is 375 g/mol. The minimum Gasteiger partial charge on any atom is -0.347 e. The van der Waals surface area contributed by atoms with E-state index in [0.29, 0.717) is 5.69 Å². The summed E-state index contributed by atoms with van der Waals surface area (Å²) in [4.78, 5) is 33.4. The van der Waals surface area contributed by atoms with Gasteiger partial charge >= 0.3 is 0 Å². The maximum absolute atomic E-state index is 11.6. The van der Waals surface area contributed by atoms with Crippen LogP contribution in [0.2, 0.25) is 0 Å². The summed E-state index contributed by atoms with van der Waals surface area (Å²) in [5.41, 5.74) is 0.674. The number of amides is 3. The predicted molar refractivity (Wildman–Crippen MR) is 79.5 cm³/mol. The molecule has 0 atom stereocenters. The number of hydrogen-bond donors (Lipinski definition) is 3. The lowest BCUT2D eigenvalue weighted by molar-refractivity contribution is -0.126. The van der Waals surface area contributed by atoms with Crippen LogP contribution in [0.15, 0.2) is 24.3 Å². The summed E-state index contributed by atoms with van der Waals surface area (Å²) in [5.74, 6) is -1.02. The number of nitrogens with one attached hydrogen (secondary N) is 3. The van der Waals surface area contributed by atoms with E-state index in [0.717, 1.165) is 3.57 Å². The number of carbonyl (C=O) groups excluding carboxylic acids is 3. The third-order valence-electron chi connectivity index (χ3n) is 2.05. The first-order valence-corrected chi connectivity index (χ1v) is 6.62. The minimum absolute atomic E-state index is 0.133. The van der Waals surface area contributed by atoms with Crippen molar-refractivity contribution in [2.75, 3.05) is 18.4 Å². The maximum atomic E-state index is 11.6. The Morgan fingerprint density at radius 2 is 1.79 bits per heavy atom.